The molecule has 2 N–H and O–H groups in total. The number of benzene rings is 1. The van der Waals surface area contributed by atoms with Crippen molar-refractivity contribution in [3.63, 3.8) is 0 Å². The van der Waals surface area contributed by atoms with Gasteiger partial charge in [0.15, 0.2) is 5.17 Å². The van der Waals surface area contributed by atoms with Gasteiger partial charge in [-0.15, -0.1) is 0 Å². The highest BCUT2D eigenvalue weighted by atomic mass is 32.2. The average Bonchev–Trinajstić information content (AvgIpc) is 3.13. The van der Waals surface area contributed by atoms with Crippen molar-refractivity contribution in [3.05, 3.63) is 58.8 Å². The zero-order chi connectivity index (χ0) is 16.4. The van der Waals surface area contributed by atoms with Gasteiger partial charge in [0.05, 0.1) is 16.2 Å². The van der Waals surface area contributed by atoms with Gasteiger partial charge in [-0.3, -0.25) is 9.69 Å². The summed E-state index contributed by atoms with van der Waals surface area (Å²) in [6, 6.07) is 9.93. The molecule has 1 saturated heterocycles. The Morgan fingerprint density at radius 1 is 1.30 bits per heavy atom. The van der Waals surface area contributed by atoms with Crippen molar-refractivity contribution in [2.45, 2.75) is 0 Å². The molecule has 0 bridgehead atoms. The molecule has 0 unspecified atom stereocenters. The predicted octanol–water partition coefficient (Wildman–Crippen LogP) is 2.95. The number of nitrogens with zero attached hydrogens (tertiary/aromatic N) is 2. The Kier molecular flexibility index (Phi) is 4.03. The van der Waals surface area contributed by atoms with Crippen LogP contribution in [-0.2, 0) is 4.79 Å². The average molecular weight is 327 g/mol. The quantitative estimate of drug-likeness (QED) is 0.849. The number of hydrogen-bond donors (Lipinski definition) is 2. The number of amidine groups is 1. The van der Waals surface area contributed by atoms with Crippen LogP contribution in [0.5, 0.6) is 0 Å². The van der Waals surface area contributed by atoms with E-state index < -0.39 is 5.97 Å². The van der Waals surface area contributed by atoms with Crippen LogP contribution in [0, 0.1) is 0 Å². The van der Waals surface area contributed by atoms with E-state index in [4.69, 9.17) is 5.11 Å². The van der Waals surface area contributed by atoms with Crippen molar-refractivity contribution in [2.24, 2.45) is 4.99 Å². The molecule has 23 heavy (non-hydrogen) atoms. The molecule has 7 heteroatoms. The van der Waals surface area contributed by atoms with E-state index >= 15 is 0 Å². The number of amides is 1. The Morgan fingerprint density at radius 3 is 2.65 bits per heavy atom. The number of aromatic amines is 1. The number of carboxylic acid groups (broad SMARTS) is 1. The fourth-order valence-electron chi connectivity index (χ4n) is 2.02. The Hall–Kier alpha value is -2.80. The first-order valence-electron chi connectivity index (χ1n) is 6.77. The van der Waals surface area contributed by atoms with Gasteiger partial charge < -0.3 is 10.1 Å². The molecule has 1 aromatic carbocycles. The van der Waals surface area contributed by atoms with Gasteiger partial charge in [-0.05, 0) is 54.2 Å². The number of H-pyrrole nitrogens is 1. The molecule has 2 heterocycles. The summed E-state index contributed by atoms with van der Waals surface area (Å²) in [5, 5.41) is 9.44. The van der Waals surface area contributed by atoms with E-state index in [1.54, 1.807) is 31.5 Å². The molecule has 116 valence electrons. The molecule has 0 saturated carbocycles. The lowest BCUT2D eigenvalue weighted by Crippen LogP contribution is -2.23. The number of carboxylic acids is 1. The molecule has 0 radical (unpaired) electrons. The Labute approximate surface area is 136 Å². The monoisotopic (exact) mass is 327 g/mol. The lowest BCUT2D eigenvalue weighted by atomic mass is 10.2. The molecule has 1 aliphatic rings. The Bertz CT molecular complexity index is 808. The summed E-state index contributed by atoms with van der Waals surface area (Å²) in [6.45, 7) is 0. The summed E-state index contributed by atoms with van der Waals surface area (Å²) in [5.74, 6) is -1.10. The Balaban J connectivity index is 1.85. The number of aromatic nitrogens is 1. The number of nitrogens with one attached hydrogen (secondary N) is 1. The summed E-state index contributed by atoms with van der Waals surface area (Å²) in [5.41, 5.74) is 1.64. The summed E-state index contributed by atoms with van der Waals surface area (Å²) in [4.78, 5) is 32.6. The molecule has 1 fully saturated rings. The zero-order valence-corrected chi connectivity index (χ0v) is 13.0. The van der Waals surface area contributed by atoms with Crippen LogP contribution in [0.4, 0.5) is 5.69 Å². The van der Waals surface area contributed by atoms with Crippen molar-refractivity contribution >= 4 is 40.6 Å². The number of carbonyl (C=O) groups is 2. The Morgan fingerprint density at radius 2 is 2.04 bits per heavy atom. The van der Waals surface area contributed by atoms with Crippen LogP contribution in [0.1, 0.15) is 16.1 Å². The summed E-state index contributed by atoms with van der Waals surface area (Å²) in [6.07, 6.45) is 3.57. The van der Waals surface area contributed by atoms with E-state index in [-0.39, 0.29) is 11.5 Å². The van der Waals surface area contributed by atoms with E-state index in [2.05, 4.69) is 9.98 Å². The third-order valence-electron chi connectivity index (χ3n) is 3.25. The van der Waals surface area contributed by atoms with Crippen LogP contribution in [-0.4, -0.2) is 39.1 Å². The molecule has 1 aliphatic heterocycles. The lowest BCUT2D eigenvalue weighted by Gasteiger charge is -2.07. The normalized spacial score (nSPS) is 18.1. The summed E-state index contributed by atoms with van der Waals surface area (Å²) >= 11 is 1.28. The van der Waals surface area contributed by atoms with E-state index in [0.717, 1.165) is 5.69 Å². The van der Waals surface area contributed by atoms with Crippen molar-refractivity contribution in [1.29, 1.82) is 0 Å². The summed E-state index contributed by atoms with van der Waals surface area (Å²) in [7, 11) is 1.66. The largest absolute Gasteiger partial charge is 0.478 e. The maximum Gasteiger partial charge on any atom is 0.335 e. The minimum atomic E-state index is -0.983. The fraction of sp³-hybridized carbons (Fsp3) is 0.0625. The van der Waals surface area contributed by atoms with Crippen LogP contribution in [0.3, 0.4) is 0 Å². The first-order chi connectivity index (χ1) is 11.0. The van der Waals surface area contributed by atoms with E-state index in [1.807, 2.05) is 12.1 Å². The molecule has 1 amide bonds. The number of rotatable bonds is 3. The summed E-state index contributed by atoms with van der Waals surface area (Å²) < 4.78 is 0. The third-order valence-corrected chi connectivity index (χ3v) is 4.31. The van der Waals surface area contributed by atoms with Gasteiger partial charge in [-0.1, -0.05) is 0 Å². The number of aliphatic imine (C=N–C) groups is 1. The zero-order valence-electron chi connectivity index (χ0n) is 12.2. The minimum Gasteiger partial charge on any atom is -0.478 e. The number of likely N-dealkylation sites (N-methyl/N-ethyl adjacent to an activating group) is 1. The second-order valence-electron chi connectivity index (χ2n) is 4.85. The molecule has 2 aromatic rings. The van der Waals surface area contributed by atoms with Crippen molar-refractivity contribution < 1.29 is 14.7 Å². The van der Waals surface area contributed by atoms with Gasteiger partial charge in [0.1, 0.15) is 0 Å². The highest BCUT2D eigenvalue weighted by molar-refractivity contribution is 8.18. The number of aromatic carboxylic acids is 1. The second-order valence-corrected chi connectivity index (χ2v) is 5.86. The molecule has 6 nitrogen and oxygen atoms in total. The third kappa shape index (κ3) is 3.19. The van der Waals surface area contributed by atoms with E-state index in [0.29, 0.717) is 15.8 Å². The molecular weight excluding hydrogens is 314 g/mol. The van der Waals surface area contributed by atoms with Gasteiger partial charge >= 0.3 is 5.97 Å². The number of thioether (sulfide) groups is 1. The van der Waals surface area contributed by atoms with E-state index in [9.17, 15) is 9.59 Å². The van der Waals surface area contributed by atoms with Crippen molar-refractivity contribution in [1.82, 2.24) is 9.88 Å². The van der Waals surface area contributed by atoms with Crippen LogP contribution < -0.4 is 0 Å². The second kappa shape index (κ2) is 6.13. The van der Waals surface area contributed by atoms with Gasteiger partial charge in [0, 0.05) is 18.9 Å². The maximum atomic E-state index is 12.2. The SMILES string of the molecule is CN1C(=O)/C(=C/c2ccc[nH]2)SC1=Nc1ccc(C(=O)O)cc1. The molecule has 1 aromatic heterocycles. The van der Waals surface area contributed by atoms with E-state index in [1.165, 1.54) is 28.8 Å². The number of hydrogen-bond acceptors (Lipinski definition) is 4. The van der Waals surface area contributed by atoms with Gasteiger partial charge in [0.25, 0.3) is 5.91 Å². The smallest absolute Gasteiger partial charge is 0.335 e. The molecular formula is C16H13N3O3S. The first-order valence-corrected chi connectivity index (χ1v) is 7.59. The standard InChI is InChI=1S/C16H13N3O3S/c1-19-14(20)13(9-12-3-2-8-17-12)23-16(19)18-11-6-4-10(5-7-11)15(21)22/h2-9,17H,1H3,(H,21,22)/b13-9-,18-16?. The highest BCUT2D eigenvalue weighted by Gasteiger charge is 2.30. The fourth-order valence-corrected chi connectivity index (χ4v) is 2.99. The number of carbonyl (C=O) groups excluding carboxylic acids is 1. The lowest BCUT2D eigenvalue weighted by molar-refractivity contribution is -0.121. The minimum absolute atomic E-state index is 0.120. The van der Waals surface area contributed by atoms with Gasteiger partial charge in [0.2, 0.25) is 0 Å². The maximum absolute atomic E-state index is 12.2. The molecule has 0 aliphatic carbocycles. The first kappa shape index (κ1) is 15.1. The predicted molar refractivity (Wildman–Crippen MR) is 89.6 cm³/mol. The van der Waals surface area contributed by atoms with Crippen LogP contribution >= 0.6 is 11.8 Å². The van der Waals surface area contributed by atoms with Crippen molar-refractivity contribution in [3.8, 4) is 0 Å². The van der Waals surface area contributed by atoms with Crippen LogP contribution in [0.2, 0.25) is 0 Å². The topological polar surface area (TPSA) is 85.8 Å². The van der Waals surface area contributed by atoms with Crippen molar-refractivity contribution in [2.75, 3.05) is 7.05 Å². The van der Waals surface area contributed by atoms with Crippen LogP contribution in [0.25, 0.3) is 6.08 Å². The molecule has 0 spiro atoms. The molecule has 3 rings (SSSR count). The van der Waals surface area contributed by atoms with Crippen LogP contribution in [0.15, 0.2) is 52.5 Å². The van der Waals surface area contributed by atoms with Gasteiger partial charge in [-0.2, -0.15) is 0 Å². The highest BCUT2D eigenvalue weighted by Crippen LogP contribution is 2.32. The molecule has 0 atom stereocenters. The van der Waals surface area contributed by atoms with Gasteiger partial charge in [-0.25, -0.2) is 9.79 Å².